The van der Waals surface area contributed by atoms with Crippen LogP contribution < -0.4 is 0 Å². The van der Waals surface area contributed by atoms with Crippen molar-refractivity contribution in [3.05, 3.63) is 70.8 Å². The minimum atomic E-state index is 0.140. The van der Waals surface area contributed by atoms with Crippen molar-refractivity contribution >= 4 is 5.78 Å². The predicted molar refractivity (Wildman–Crippen MR) is 167 cm³/mol. The van der Waals surface area contributed by atoms with Crippen LogP contribution in [0.2, 0.25) is 0 Å². The van der Waals surface area contributed by atoms with E-state index in [9.17, 15) is 4.79 Å². The maximum Gasteiger partial charge on any atom is 0.193 e. The third-order valence-corrected chi connectivity index (χ3v) is 8.07. The van der Waals surface area contributed by atoms with Gasteiger partial charge in [0.25, 0.3) is 0 Å². The maximum atomic E-state index is 13.0. The van der Waals surface area contributed by atoms with Gasteiger partial charge >= 0.3 is 0 Å². The molecule has 2 aromatic carbocycles. The summed E-state index contributed by atoms with van der Waals surface area (Å²) >= 11 is 0. The molecule has 0 saturated carbocycles. The van der Waals surface area contributed by atoms with Gasteiger partial charge in [-0.1, -0.05) is 178 Å². The van der Waals surface area contributed by atoms with Gasteiger partial charge < -0.3 is 0 Å². The first-order valence-corrected chi connectivity index (χ1v) is 16.5. The molecule has 0 radical (unpaired) electrons. The minimum absolute atomic E-state index is 0.140. The van der Waals surface area contributed by atoms with Crippen LogP contribution >= 0.6 is 0 Å². The van der Waals surface area contributed by atoms with Crippen molar-refractivity contribution in [3.63, 3.8) is 0 Å². The molecule has 0 heterocycles. The van der Waals surface area contributed by atoms with Gasteiger partial charge in [-0.3, -0.25) is 4.79 Å². The average Bonchev–Trinajstić information content (AvgIpc) is 2.95. The van der Waals surface area contributed by atoms with E-state index >= 15 is 0 Å². The third-order valence-electron chi connectivity index (χ3n) is 8.07. The van der Waals surface area contributed by atoms with Gasteiger partial charge in [-0.25, -0.2) is 0 Å². The number of hydrogen-bond acceptors (Lipinski definition) is 1. The van der Waals surface area contributed by atoms with Crippen molar-refractivity contribution < 1.29 is 4.79 Å². The lowest BCUT2D eigenvalue weighted by atomic mass is 9.98. The largest absolute Gasteiger partial charge is 0.289 e. The summed E-state index contributed by atoms with van der Waals surface area (Å²) in [6, 6.07) is 16.7. The van der Waals surface area contributed by atoms with Crippen LogP contribution in [-0.2, 0) is 12.8 Å². The van der Waals surface area contributed by atoms with E-state index in [1.807, 2.05) is 24.3 Å². The maximum absolute atomic E-state index is 13.0. The van der Waals surface area contributed by atoms with Crippen LogP contribution in [0.5, 0.6) is 0 Å². The van der Waals surface area contributed by atoms with E-state index in [2.05, 4.69) is 38.1 Å². The summed E-state index contributed by atoms with van der Waals surface area (Å²) in [6.07, 6.45) is 29.7. The monoisotopic (exact) mass is 518 g/mol. The molecule has 0 unspecified atom stereocenters. The van der Waals surface area contributed by atoms with E-state index in [1.54, 1.807) is 0 Å². The zero-order valence-electron chi connectivity index (χ0n) is 25.1. The summed E-state index contributed by atoms with van der Waals surface area (Å²) in [5.74, 6) is 0.140. The van der Waals surface area contributed by atoms with E-state index in [0.717, 1.165) is 24.0 Å². The Morgan fingerprint density at radius 3 is 0.947 bits per heavy atom. The molecule has 0 spiro atoms. The Labute approximate surface area is 236 Å². The molecule has 0 bridgehead atoms. The number of ketones is 1. The highest BCUT2D eigenvalue weighted by molar-refractivity contribution is 6.08. The van der Waals surface area contributed by atoms with Crippen molar-refractivity contribution in [2.75, 3.05) is 0 Å². The Hall–Kier alpha value is -1.89. The lowest BCUT2D eigenvalue weighted by Gasteiger charge is -2.06. The molecule has 0 aliphatic rings. The quantitative estimate of drug-likeness (QED) is 0.0997. The normalized spacial score (nSPS) is 11.2. The van der Waals surface area contributed by atoms with Crippen molar-refractivity contribution in [2.45, 2.75) is 155 Å². The molecule has 1 heteroatoms. The van der Waals surface area contributed by atoms with Gasteiger partial charge in [0.05, 0.1) is 0 Å². The molecule has 0 aromatic heterocycles. The number of unbranched alkanes of at least 4 members (excludes halogenated alkanes) is 18. The van der Waals surface area contributed by atoms with Crippen LogP contribution in [0.1, 0.15) is 169 Å². The first-order chi connectivity index (χ1) is 18.7. The lowest BCUT2D eigenvalue weighted by Crippen LogP contribution is -2.02. The molecule has 2 rings (SSSR count). The van der Waals surface area contributed by atoms with Gasteiger partial charge in [-0.15, -0.1) is 0 Å². The fourth-order valence-electron chi connectivity index (χ4n) is 5.45. The fourth-order valence-corrected chi connectivity index (χ4v) is 5.45. The predicted octanol–water partition coefficient (Wildman–Crippen LogP) is 11.8. The van der Waals surface area contributed by atoms with E-state index in [-0.39, 0.29) is 5.78 Å². The zero-order valence-corrected chi connectivity index (χ0v) is 25.1. The van der Waals surface area contributed by atoms with Crippen LogP contribution in [0.25, 0.3) is 0 Å². The summed E-state index contributed by atoms with van der Waals surface area (Å²) in [5, 5.41) is 0. The third kappa shape index (κ3) is 14.9. The average molecular weight is 519 g/mol. The van der Waals surface area contributed by atoms with E-state index in [4.69, 9.17) is 0 Å². The number of carbonyl (C=O) groups excluding carboxylic acids is 1. The summed E-state index contributed by atoms with van der Waals surface area (Å²) in [5.41, 5.74) is 4.32. The van der Waals surface area contributed by atoms with Crippen molar-refractivity contribution in [1.29, 1.82) is 0 Å². The molecule has 0 saturated heterocycles. The van der Waals surface area contributed by atoms with Gasteiger partial charge in [-0.05, 0) is 36.8 Å². The smallest absolute Gasteiger partial charge is 0.193 e. The Balaban J connectivity index is 1.57. The number of benzene rings is 2. The van der Waals surface area contributed by atoms with Gasteiger partial charge in [0.2, 0.25) is 0 Å². The highest BCUT2D eigenvalue weighted by Gasteiger charge is 2.09. The molecule has 0 amide bonds. The van der Waals surface area contributed by atoms with Crippen LogP contribution in [0.3, 0.4) is 0 Å². The SMILES string of the molecule is CCCCCCCCCCCCc1ccc(C(=O)c2ccc(CCCCCCCCCCCC)cc2)cc1. The summed E-state index contributed by atoms with van der Waals surface area (Å²) in [6.45, 7) is 4.56. The van der Waals surface area contributed by atoms with E-state index in [1.165, 1.54) is 140 Å². The Kier molecular flexibility index (Phi) is 18.7. The van der Waals surface area contributed by atoms with Crippen LogP contribution in [0.15, 0.2) is 48.5 Å². The number of rotatable bonds is 24. The second-order valence-corrected chi connectivity index (χ2v) is 11.6. The Bertz CT molecular complexity index is 747. The molecule has 0 aliphatic heterocycles. The fraction of sp³-hybridized carbons (Fsp3) is 0.649. The summed E-state index contributed by atoms with van der Waals surface area (Å²) in [4.78, 5) is 13.0. The molecular weight excluding hydrogens is 460 g/mol. The van der Waals surface area contributed by atoms with Crippen LogP contribution in [0, 0.1) is 0 Å². The highest BCUT2D eigenvalue weighted by Crippen LogP contribution is 2.17. The molecule has 2 aromatic rings. The molecule has 212 valence electrons. The topological polar surface area (TPSA) is 17.1 Å². The van der Waals surface area contributed by atoms with Gasteiger partial charge in [0, 0.05) is 11.1 Å². The van der Waals surface area contributed by atoms with E-state index < -0.39 is 0 Å². The molecule has 0 atom stereocenters. The highest BCUT2D eigenvalue weighted by atomic mass is 16.1. The van der Waals surface area contributed by atoms with Gasteiger partial charge in [-0.2, -0.15) is 0 Å². The molecular formula is C37H58O. The molecule has 0 aliphatic carbocycles. The van der Waals surface area contributed by atoms with Crippen molar-refractivity contribution in [3.8, 4) is 0 Å². The standard InChI is InChI=1S/C37H58O/c1-3-5-7-9-11-13-15-17-19-21-23-33-25-29-35(30-26-33)37(38)36-31-27-34(28-32-36)24-22-20-18-16-14-12-10-8-6-4-2/h25-32H,3-24H2,1-2H3. The second-order valence-electron chi connectivity index (χ2n) is 11.6. The first kappa shape index (κ1) is 32.3. The zero-order chi connectivity index (χ0) is 27.1. The summed E-state index contributed by atoms with van der Waals surface area (Å²) in [7, 11) is 0. The number of aryl methyl sites for hydroxylation is 2. The lowest BCUT2D eigenvalue weighted by molar-refractivity contribution is 0.103. The molecule has 38 heavy (non-hydrogen) atoms. The number of hydrogen-bond donors (Lipinski definition) is 0. The van der Waals surface area contributed by atoms with Gasteiger partial charge in [0.15, 0.2) is 5.78 Å². The number of carbonyl (C=O) groups is 1. The van der Waals surface area contributed by atoms with Crippen molar-refractivity contribution in [1.82, 2.24) is 0 Å². The van der Waals surface area contributed by atoms with E-state index in [0.29, 0.717) is 0 Å². The molecule has 0 fully saturated rings. The molecule has 0 N–H and O–H groups in total. The second kappa shape index (κ2) is 22.0. The van der Waals surface area contributed by atoms with Gasteiger partial charge in [0.1, 0.15) is 0 Å². The van der Waals surface area contributed by atoms with Crippen molar-refractivity contribution in [2.24, 2.45) is 0 Å². The summed E-state index contributed by atoms with van der Waals surface area (Å²) < 4.78 is 0. The Morgan fingerprint density at radius 2 is 0.658 bits per heavy atom. The van der Waals surface area contributed by atoms with Crippen LogP contribution in [-0.4, -0.2) is 5.78 Å². The minimum Gasteiger partial charge on any atom is -0.289 e. The molecule has 1 nitrogen and oxygen atoms in total. The first-order valence-electron chi connectivity index (χ1n) is 16.5. The van der Waals surface area contributed by atoms with Crippen LogP contribution in [0.4, 0.5) is 0 Å². The Morgan fingerprint density at radius 1 is 0.395 bits per heavy atom.